The molecule has 0 spiro atoms. The van der Waals surface area contributed by atoms with E-state index in [4.69, 9.17) is 0 Å². The van der Waals surface area contributed by atoms with Crippen LogP contribution in [0.3, 0.4) is 0 Å². The molecule has 0 aromatic heterocycles. The van der Waals surface area contributed by atoms with E-state index < -0.39 is 6.61 Å². The zero-order valence-corrected chi connectivity index (χ0v) is 12.2. The number of nitriles is 1. The number of alkyl halides is 2. The number of nitrogens with zero attached hydrogens (tertiary/aromatic N) is 2. The van der Waals surface area contributed by atoms with Gasteiger partial charge >= 0.3 is 6.61 Å². The first-order valence-electron chi connectivity index (χ1n) is 7.35. The van der Waals surface area contributed by atoms with Gasteiger partial charge in [0.25, 0.3) is 0 Å². The van der Waals surface area contributed by atoms with E-state index in [1.165, 1.54) is 6.07 Å². The van der Waals surface area contributed by atoms with Crippen LogP contribution in [0.1, 0.15) is 43.2 Å². The second kappa shape index (κ2) is 7.37. The molecule has 114 valence electrons. The van der Waals surface area contributed by atoms with Crippen molar-refractivity contribution in [2.75, 3.05) is 19.6 Å². The van der Waals surface area contributed by atoms with Crippen LogP contribution in [-0.2, 0) is 0 Å². The molecule has 0 bridgehead atoms. The first-order chi connectivity index (χ1) is 10.2. The number of ether oxygens (including phenoxy) is 1. The molecule has 2 rings (SSSR count). The molecule has 1 saturated heterocycles. The van der Waals surface area contributed by atoms with Gasteiger partial charge in [-0.15, -0.1) is 0 Å². The van der Waals surface area contributed by atoms with Gasteiger partial charge in [-0.05, 0) is 56.4 Å². The highest BCUT2D eigenvalue weighted by molar-refractivity contribution is 5.50. The molecule has 1 aromatic rings. The molecular weight excluding hydrogens is 274 g/mol. The van der Waals surface area contributed by atoms with Gasteiger partial charge in [0.2, 0.25) is 0 Å². The minimum atomic E-state index is -2.90. The van der Waals surface area contributed by atoms with E-state index in [-0.39, 0.29) is 17.2 Å². The Hall–Kier alpha value is -1.67. The monoisotopic (exact) mass is 294 g/mol. The van der Waals surface area contributed by atoms with Gasteiger partial charge in [-0.2, -0.15) is 14.0 Å². The highest BCUT2D eigenvalue weighted by Crippen LogP contribution is 2.34. The van der Waals surface area contributed by atoms with Crippen molar-refractivity contribution in [3.8, 4) is 11.8 Å². The van der Waals surface area contributed by atoms with Crippen LogP contribution in [0.5, 0.6) is 5.75 Å². The lowest BCUT2D eigenvalue weighted by atomic mass is 9.86. The lowest BCUT2D eigenvalue weighted by Crippen LogP contribution is -2.33. The third kappa shape index (κ3) is 3.92. The van der Waals surface area contributed by atoms with Gasteiger partial charge in [-0.25, -0.2) is 0 Å². The maximum Gasteiger partial charge on any atom is 0.387 e. The van der Waals surface area contributed by atoms with Crippen LogP contribution in [0, 0.1) is 11.3 Å². The van der Waals surface area contributed by atoms with Gasteiger partial charge in [0.1, 0.15) is 11.8 Å². The molecule has 1 aliphatic rings. The number of benzene rings is 1. The van der Waals surface area contributed by atoms with Crippen LogP contribution in [0.2, 0.25) is 0 Å². The Balaban J connectivity index is 2.15. The first-order valence-corrected chi connectivity index (χ1v) is 7.35. The largest absolute Gasteiger partial charge is 0.433 e. The average molecular weight is 294 g/mol. The van der Waals surface area contributed by atoms with E-state index >= 15 is 0 Å². The summed E-state index contributed by atoms with van der Waals surface area (Å²) in [6.07, 6.45) is 3.03. The molecule has 21 heavy (non-hydrogen) atoms. The summed E-state index contributed by atoms with van der Waals surface area (Å²) >= 11 is 0. The van der Waals surface area contributed by atoms with Gasteiger partial charge in [0.05, 0.1) is 5.56 Å². The van der Waals surface area contributed by atoms with Crippen molar-refractivity contribution in [1.29, 1.82) is 5.26 Å². The summed E-state index contributed by atoms with van der Waals surface area (Å²) in [7, 11) is 0. The Kier molecular flexibility index (Phi) is 5.51. The predicted octanol–water partition coefficient (Wildman–Crippen LogP) is 3.75. The summed E-state index contributed by atoms with van der Waals surface area (Å²) in [4.78, 5) is 2.40. The van der Waals surface area contributed by atoms with Crippen LogP contribution < -0.4 is 4.74 Å². The molecule has 0 N–H and O–H groups in total. The molecule has 3 nitrogen and oxygen atoms in total. The number of piperidine rings is 1. The first kappa shape index (κ1) is 15.7. The van der Waals surface area contributed by atoms with Crippen molar-refractivity contribution in [2.45, 2.75) is 38.7 Å². The number of hydrogen-bond acceptors (Lipinski definition) is 3. The van der Waals surface area contributed by atoms with Crippen molar-refractivity contribution in [2.24, 2.45) is 0 Å². The summed E-state index contributed by atoms with van der Waals surface area (Å²) in [6.45, 7) is 2.32. The van der Waals surface area contributed by atoms with Gasteiger partial charge in [0.15, 0.2) is 0 Å². The molecule has 1 heterocycles. The molecule has 0 radical (unpaired) electrons. The van der Waals surface area contributed by atoms with Gasteiger partial charge in [0, 0.05) is 0 Å². The lowest BCUT2D eigenvalue weighted by molar-refractivity contribution is -0.0501. The van der Waals surface area contributed by atoms with Crippen LogP contribution in [0.15, 0.2) is 18.2 Å². The fourth-order valence-corrected chi connectivity index (χ4v) is 2.99. The lowest BCUT2D eigenvalue weighted by Gasteiger charge is -2.32. The molecule has 0 amide bonds. The molecule has 0 atom stereocenters. The molecule has 1 aliphatic heterocycles. The predicted molar refractivity (Wildman–Crippen MR) is 76.5 cm³/mol. The fraction of sp³-hybridized carbons (Fsp3) is 0.562. The minimum absolute atomic E-state index is 0.0130. The van der Waals surface area contributed by atoms with Crippen molar-refractivity contribution < 1.29 is 13.5 Å². The third-order valence-corrected chi connectivity index (χ3v) is 3.95. The maximum atomic E-state index is 12.4. The molecular formula is C16H20F2N2O. The highest BCUT2D eigenvalue weighted by atomic mass is 19.3. The Morgan fingerprint density at radius 1 is 1.38 bits per heavy atom. The van der Waals surface area contributed by atoms with Crippen molar-refractivity contribution >= 4 is 0 Å². The summed E-state index contributed by atoms with van der Waals surface area (Å²) in [5, 5.41) is 9.29. The zero-order chi connectivity index (χ0) is 15.2. The number of halogens is 2. The highest BCUT2D eigenvalue weighted by Gasteiger charge is 2.24. The standard InChI is InChI=1S/C16H20F2N2O/c1-2-8-20-9-6-12(7-10-20)13-4-3-5-15(14(13)11-19)21-16(17)18/h3-5,12,16H,2,6-10H2,1H3. The molecule has 0 aliphatic carbocycles. The smallest absolute Gasteiger partial charge is 0.387 e. The van der Waals surface area contributed by atoms with E-state index in [1.54, 1.807) is 6.07 Å². The molecule has 5 heteroatoms. The zero-order valence-electron chi connectivity index (χ0n) is 12.2. The summed E-state index contributed by atoms with van der Waals surface area (Å²) in [5.74, 6) is 0.231. The molecule has 1 fully saturated rings. The molecule has 1 aromatic carbocycles. The topological polar surface area (TPSA) is 36.3 Å². The van der Waals surface area contributed by atoms with E-state index in [9.17, 15) is 14.0 Å². The van der Waals surface area contributed by atoms with E-state index in [0.717, 1.165) is 44.5 Å². The fourth-order valence-electron chi connectivity index (χ4n) is 2.99. The second-order valence-corrected chi connectivity index (χ2v) is 5.33. The second-order valence-electron chi connectivity index (χ2n) is 5.33. The summed E-state index contributed by atoms with van der Waals surface area (Å²) < 4.78 is 29.3. The number of hydrogen-bond donors (Lipinski definition) is 0. The minimum Gasteiger partial charge on any atom is -0.433 e. The Bertz CT molecular complexity index is 505. The quantitative estimate of drug-likeness (QED) is 0.830. The molecule has 0 saturated carbocycles. The van der Waals surface area contributed by atoms with Gasteiger partial charge < -0.3 is 9.64 Å². The average Bonchev–Trinajstić information content (AvgIpc) is 2.47. The Morgan fingerprint density at radius 2 is 2.10 bits per heavy atom. The summed E-state index contributed by atoms with van der Waals surface area (Å²) in [6, 6.07) is 7.01. The van der Waals surface area contributed by atoms with Crippen molar-refractivity contribution in [3.63, 3.8) is 0 Å². The molecule has 0 unspecified atom stereocenters. The van der Waals surface area contributed by atoms with Crippen molar-refractivity contribution in [1.82, 2.24) is 4.90 Å². The van der Waals surface area contributed by atoms with Crippen LogP contribution in [-0.4, -0.2) is 31.1 Å². The van der Waals surface area contributed by atoms with Crippen molar-refractivity contribution in [3.05, 3.63) is 29.3 Å². The van der Waals surface area contributed by atoms with E-state index in [2.05, 4.69) is 16.6 Å². The maximum absolute atomic E-state index is 12.4. The van der Waals surface area contributed by atoms with E-state index in [1.807, 2.05) is 12.1 Å². The number of rotatable bonds is 5. The Labute approximate surface area is 124 Å². The van der Waals surface area contributed by atoms with Crippen LogP contribution in [0.25, 0.3) is 0 Å². The number of likely N-dealkylation sites (tertiary alicyclic amines) is 1. The van der Waals surface area contributed by atoms with E-state index in [0.29, 0.717) is 0 Å². The summed E-state index contributed by atoms with van der Waals surface area (Å²) in [5.41, 5.74) is 1.10. The van der Waals surface area contributed by atoms with Gasteiger partial charge in [-0.1, -0.05) is 19.1 Å². The SMILES string of the molecule is CCCN1CCC(c2cccc(OC(F)F)c2C#N)CC1. The third-order valence-electron chi connectivity index (χ3n) is 3.95. The Morgan fingerprint density at radius 3 is 2.67 bits per heavy atom. The van der Waals surface area contributed by atoms with Crippen LogP contribution >= 0.6 is 0 Å². The van der Waals surface area contributed by atoms with Crippen LogP contribution in [0.4, 0.5) is 8.78 Å². The van der Waals surface area contributed by atoms with Gasteiger partial charge in [-0.3, -0.25) is 0 Å². The normalized spacial score (nSPS) is 16.9.